The molecule has 33 heavy (non-hydrogen) atoms. The van der Waals surface area contributed by atoms with E-state index >= 15 is 0 Å². The van der Waals surface area contributed by atoms with Crippen LogP contribution in [-0.2, 0) is 20.8 Å². The van der Waals surface area contributed by atoms with E-state index in [1.54, 1.807) is 35.6 Å². The third kappa shape index (κ3) is 6.21. The van der Waals surface area contributed by atoms with Gasteiger partial charge >= 0.3 is 5.97 Å². The van der Waals surface area contributed by atoms with Crippen molar-refractivity contribution in [3.8, 4) is 10.7 Å². The molecule has 0 spiro atoms. The topological polar surface area (TPSA) is 95.3 Å². The lowest BCUT2D eigenvalue weighted by molar-refractivity contribution is -0.113. The number of anilines is 1. The van der Waals surface area contributed by atoms with E-state index in [0.29, 0.717) is 29.6 Å². The first kappa shape index (κ1) is 23.5. The molecule has 1 saturated heterocycles. The molecule has 10 heteroatoms. The molecule has 3 heterocycles. The van der Waals surface area contributed by atoms with Crippen molar-refractivity contribution in [1.82, 2.24) is 14.8 Å². The van der Waals surface area contributed by atoms with Crippen LogP contribution in [0.3, 0.4) is 0 Å². The fraction of sp³-hybridized carbons (Fsp3) is 0.391. The Morgan fingerprint density at radius 1 is 1.27 bits per heavy atom. The number of benzene rings is 1. The Balaban J connectivity index is 1.37. The molecule has 174 valence electrons. The van der Waals surface area contributed by atoms with E-state index in [1.165, 1.54) is 11.8 Å². The average Bonchev–Trinajstić information content (AvgIpc) is 3.59. The second-order valence-corrected chi connectivity index (χ2v) is 9.47. The third-order valence-electron chi connectivity index (χ3n) is 5.04. The summed E-state index contributed by atoms with van der Waals surface area (Å²) in [6.07, 6.45) is 2.97. The van der Waals surface area contributed by atoms with Gasteiger partial charge < -0.3 is 14.8 Å². The molecule has 1 fully saturated rings. The fourth-order valence-electron chi connectivity index (χ4n) is 3.43. The number of rotatable bonds is 10. The molecular weight excluding hydrogens is 460 g/mol. The highest BCUT2D eigenvalue weighted by Crippen LogP contribution is 2.29. The lowest BCUT2D eigenvalue weighted by atomic mass is 10.2. The van der Waals surface area contributed by atoms with Crippen molar-refractivity contribution in [3.05, 3.63) is 47.3 Å². The molecular formula is C23H26N4O4S2. The summed E-state index contributed by atoms with van der Waals surface area (Å²) in [5.41, 5.74) is 1.08. The van der Waals surface area contributed by atoms with Crippen LogP contribution in [-0.4, -0.2) is 51.7 Å². The number of aromatic nitrogens is 3. The van der Waals surface area contributed by atoms with Crippen molar-refractivity contribution in [2.45, 2.75) is 44.0 Å². The summed E-state index contributed by atoms with van der Waals surface area (Å²) in [6.45, 7) is 3.78. The summed E-state index contributed by atoms with van der Waals surface area (Å²) in [6, 6.07) is 10.7. The zero-order valence-electron chi connectivity index (χ0n) is 18.4. The minimum Gasteiger partial charge on any atom is -0.462 e. The second kappa shape index (κ2) is 11.4. The number of carbonyl (C=O) groups is 2. The molecule has 1 unspecified atom stereocenters. The van der Waals surface area contributed by atoms with Gasteiger partial charge in [0.25, 0.3) is 0 Å². The van der Waals surface area contributed by atoms with E-state index in [9.17, 15) is 9.59 Å². The first-order valence-corrected chi connectivity index (χ1v) is 12.8. The molecule has 0 aliphatic carbocycles. The smallest absolute Gasteiger partial charge is 0.338 e. The third-order valence-corrected chi connectivity index (χ3v) is 6.88. The Morgan fingerprint density at radius 2 is 2.12 bits per heavy atom. The van der Waals surface area contributed by atoms with Crippen LogP contribution in [0.4, 0.5) is 5.69 Å². The number of nitrogens with zero attached hydrogens (tertiary/aromatic N) is 3. The number of thioether (sulfide) groups is 1. The highest BCUT2D eigenvalue weighted by Gasteiger charge is 2.22. The van der Waals surface area contributed by atoms with Crippen molar-refractivity contribution in [3.63, 3.8) is 0 Å². The lowest BCUT2D eigenvalue weighted by Crippen LogP contribution is -2.18. The highest BCUT2D eigenvalue weighted by atomic mass is 32.2. The first-order valence-electron chi connectivity index (χ1n) is 10.9. The molecule has 3 aromatic rings. The SMILES string of the molecule is CCCOC(=O)c1ccc(NC(=O)CSc2nnc(-c3cccs3)n2CC2CCCO2)cc1. The molecule has 1 aliphatic rings. The van der Waals surface area contributed by atoms with Gasteiger partial charge in [-0.05, 0) is 55.0 Å². The molecule has 1 aliphatic heterocycles. The van der Waals surface area contributed by atoms with Crippen molar-refractivity contribution >= 4 is 40.7 Å². The molecule has 0 bridgehead atoms. The maximum Gasteiger partial charge on any atom is 0.338 e. The van der Waals surface area contributed by atoms with Crippen LogP contribution in [0.25, 0.3) is 10.7 Å². The Morgan fingerprint density at radius 3 is 2.82 bits per heavy atom. The Labute approximate surface area is 200 Å². The quantitative estimate of drug-likeness (QED) is 0.333. The predicted molar refractivity (Wildman–Crippen MR) is 129 cm³/mol. The summed E-state index contributed by atoms with van der Waals surface area (Å²) >= 11 is 2.95. The van der Waals surface area contributed by atoms with E-state index in [4.69, 9.17) is 9.47 Å². The molecule has 1 amide bonds. The molecule has 1 atom stereocenters. The van der Waals surface area contributed by atoms with Gasteiger partial charge in [-0.3, -0.25) is 9.36 Å². The summed E-state index contributed by atoms with van der Waals surface area (Å²) in [7, 11) is 0. The predicted octanol–water partition coefficient (Wildman–Crippen LogP) is 4.48. The molecule has 1 N–H and O–H groups in total. The van der Waals surface area contributed by atoms with Crippen molar-refractivity contribution < 1.29 is 19.1 Å². The van der Waals surface area contributed by atoms with E-state index in [1.807, 2.05) is 24.4 Å². The van der Waals surface area contributed by atoms with Gasteiger partial charge in [0, 0.05) is 12.3 Å². The van der Waals surface area contributed by atoms with Crippen molar-refractivity contribution in [1.29, 1.82) is 0 Å². The van der Waals surface area contributed by atoms with Gasteiger partial charge in [-0.15, -0.1) is 21.5 Å². The molecule has 4 rings (SSSR count). The zero-order chi connectivity index (χ0) is 23.0. The number of nitrogens with one attached hydrogen (secondary N) is 1. The van der Waals surface area contributed by atoms with Gasteiger partial charge in [-0.25, -0.2) is 4.79 Å². The number of esters is 1. The largest absolute Gasteiger partial charge is 0.462 e. The number of amides is 1. The van der Waals surface area contributed by atoms with Crippen molar-refractivity contribution in [2.24, 2.45) is 0 Å². The summed E-state index contributed by atoms with van der Waals surface area (Å²) in [5.74, 6) is 0.464. The van der Waals surface area contributed by atoms with Gasteiger partial charge in [-0.1, -0.05) is 24.8 Å². The van der Waals surface area contributed by atoms with Crippen LogP contribution in [0.5, 0.6) is 0 Å². The number of thiophene rings is 1. The van der Waals surface area contributed by atoms with Gasteiger partial charge in [-0.2, -0.15) is 0 Å². The fourth-order valence-corrected chi connectivity index (χ4v) is 4.90. The molecule has 0 radical (unpaired) electrons. The van der Waals surface area contributed by atoms with Gasteiger partial charge in [0.05, 0.1) is 35.4 Å². The van der Waals surface area contributed by atoms with Gasteiger partial charge in [0.2, 0.25) is 5.91 Å². The molecule has 0 saturated carbocycles. The van der Waals surface area contributed by atoms with Crippen LogP contribution < -0.4 is 5.32 Å². The van der Waals surface area contributed by atoms with Gasteiger partial charge in [0.15, 0.2) is 11.0 Å². The van der Waals surface area contributed by atoms with Crippen LogP contribution in [0.2, 0.25) is 0 Å². The van der Waals surface area contributed by atoms with E-state index in [2.05, 4.69) is 20.1 Å². The Kier molecular flexibility index (Phi) is 8.14. The Hall–Kier alpha value is -2.69. The van der Waals surface area contributed by atoms with Crippen molar-refractivity contribution in [2.75, 3.05) is 24.3 Å². The standard InChI is InChI=1S/C23H26N4O4S2/c1-2-11-31-22(29)16-7-9-17(10-8-16)24-20(28)15-33-23-26-25-21(19-6-4-13-32-19)27(23)14-18-5-3-12-30-18/h4,6-10,13,18H,2-3,5,11-12,14-15H2,1H3,(H,24,28). The number of hydrogen-bond acceptors (Lipinski definition) is 8. The van der Waals surface area contributed by atoms with Crippen LogP contribution >= 0.6 is 23.1 Å². The number of ether oxygens (including phenoxy) is 2. The van der Waals surface area contributed by atoms with Gasteiger partial charge in [0.1, 0.15) is 0 Å². The summed E-state index contributed by atoms with van der Waals surface area (Å²) in [4.78, 5) is 25.5. The summed E-state index contributed by atoms with van der Waals surface area (Å²) in [5, 5.41) is 14.3. The average molecular weight is 487 g/mol. The maximum absolute atomic E-state index is 12.5. The minimum absolute atomic E-state index is 0.135. The van der Waals surface area contributed by atoms with Crippen LogP contribution in [0.15, 0.2) is 46.9 Å². The molecule has 1 aromatic carbocycles. The number of hydrogen-bond donors (Lipinski definition) is 1. The zero-order valence-corrected chi connectivity index (χ0v) is 20.0. The lowest BCUT2D eigenvalue weighted by Gasteiger charge is -2.14. The normalized spacial score (nSPS) is 15.5. The highest BCUT2D eigenvalue weighted by molar-refractivity contribution is 7.99. The van der Waals surface area contributed by atoms with E-state index in [-0.39, 0.29) is 23.7 Å². The maximum atomic E-state index is 12.5. The molecule has 8 nitrogen and oxygen atoms in total. The molecule has 2 aromatic heterocycles. The van der Waals surface area contributed by atoms with Crippen LogP contribution in [0.1, 0.15) is 36.5 Å². The van der Waals surface area contributed by atoms with E-state index in [0.717, 1.165) is 36.6 Å². The van der Waals surface area contributed by atoms with E-state index < -0.39 is 0 Å². The second-order valence-electron chi connectivity index (χ2n) is 7.58. The Bertz CT molecular complexity index is 1060. The first-order chi connectivity index (χ1) is 16.1. The summed E-state index contributed by atoms with van der Waals surface area (Å²) < 4.78 is 13.0. The number of carbonyl (C=O) groups excluding carboxylic acids is 2. The van der Waals surface area contributed by atoms with Crippen LogP contribution in [0, 0.1) is 0 Å². The minimum atomic E-state index is -0.364. The monoisotopic (exact) mass is 486 g/mol.